The Morgan fingerprint density at radius 2 is 1.92 bits per heavy atom. The van der Waals surface area contributed by atoms with E-state index in [0.29, 0.717) is 24.6 Å². The summed E-state index contributed by atoms with van der Waals surface area (Å²) in [5.74, 6) is 0.208. The lowest BCUT2D eigenvalue weighted by Crippen LogP contribution is -2.42. The summed E-state index contributed by atoms with van der Waals surface area (Å²) in [5.41, 5.74) is 0.364. The summed E-state index contributed by atoms with van der Waals surface area (Å²) in [6.07, 6.45) is 9.06. The summed E-state index contributed by atoms with van der Waals surface area (Å²) >= 11 is 0. The van der Waals surface area contributed by atoms with Crippen LogP contribution in [0, 0.1) is 5.92 Å². The maximum Gasteiger partial charge on any atom is 0.251 e. The number of hydrogen-bond donors (Lipinski definition) is 1. The van der Waals surface area contributed by atoms with Crippen LogP contribution in [0.3, 0.4) is 0 Å². The highest BCUT2D eigenvalue weighted by Crippen LogP contribution is 2.35. The molecular formula is C20H28N2O3S. The minimum atomic E-state index is -3.60. The Labute approximate surface area is 156 Å². The van der Waals surface area contributed by atoms with Crippen molar-refractivity contribution in [3.05, 3.63) is 42.5 Å². The van der Waals surface area contributed by atoms with Crippen LogP contribution in [0.4, 0.5) is 0 Å². The van der Waals surface area contributed by atoms with Gasteiger partial charge in [0.1, 0.15) is 0 Å². The molecule has 6 heteroatoms. The summed E-state index contributed by atoms with van der Waals surface area (Å²) < 4.78 is 28.5. The number of amides is 1. The largest absolute Gasteiger partial charge is 0.349 e. The van der Waals surface area contributed by atoms with Gasteiger partial charge in [0.25, 0.3) is 5.91 Å². The number of carbonyl (C=O) groups is 1. The smallest absolute Gasteiger partial charge is 0.251 e. The van der Waals surface area contributed by atoms with Crippen LogP contribution in [0.5, 0.6) is 0 Å². The number of nitrogens with one attached hydrogen (secondary N) is 1. The molecule has 2 aliphatic carbocycles. The van der Waals surface area contributed by atoms with Gasteiger partial charge in [-0.2, -0.15) is 4.31 Å². The lowest BCUT2D eigenvalue weighted by molar-refractivity contribution is 0.0958. The minimum absolute atomic E-state index is 0.0904. The van der Waals surface area contributed by atoms with Gasteiger partial charge in [0.15, 0.2) is 0 Å². The van der Waals surface area contributed by atoms with Crippen molar-refractivity contribution in [3.63, 3.8) is 0 Å². The number of nitrogens with zero attached hydrogens (tertiary/aromatic N) is 1. The highest BCUT2D eigenvalue weighted by Gasteiger charge is 2.36. The number of rotatable bonds is 8. The van der Waals surface area contributed by atoms with Gasteiger partial charge in [0.05, 0.1) is 4.90 Å². The third kappa shape index (κ3) is 4.54. The zero-order valence-electron chi connectivity index (χ0n) is 15.2. The number of sulfonamides is 1. The van der Waals surface area contributed by atoms with E-state index in [2.05, 4.69) is 11.9 Å². The first-order valence-electron chi connectivity index (χ1n) is 9.53. The molecule has 1 N–H and O–H groups in total. The monoisotopic (exact) mass is 376 g/mol. The second kappa shape index (κ2) is 8.35. The molecule has 1 amide bonds. The van der Waals surface area contributed by atoms with Gasteiger partial charge in [-0.1, -0.05) is 31.4 Å². The highest BCUT2D eigenvalue weighted by atomic mass is 32.2. The van der Waals surface area contributed by atoms with E-state index in [1.807, 2.05) is 0 Å². The Kier molecular flexibility index (Phi) is 6.14. The van der Waals surface area contributed by atoms with Gasteiger partial charge in [-0.3, -0.25) is 4.79 Å². The van der Waals surface area contributed by atoms with E-state index in [0.717, 1.165) is 38.5 Å². The first kappa shape index (κ1) is 19.1. The van der Waals surface area contributed by atoms with Crippen LogP contribution in [0.2, 0.25) is 0 Å². The molecule has 1 aromatic carbocycles. The summed E-state index contributed by atoms with van der Waals surface area (Å²) in [6, 6.07) is 6.47. The molecule has 2 fully saturated rings. The molecule has 3 rings (SSSR count). The molecule has 1 aromatic rings. The molecule has 26 heavy (non-hydrogen) atoms. The van der Waals surface area contributed by atoms with Crippen molar-refractivity contribution in [1.82, 2.24) is 9.62 Å². The van der Waals surface area contributed by atoms with E-state index >= 15 is 0 Å². The lowest BCUT2D eigenvalue weighted by atomic mass is 9.95. The van der Waals surface area contributed by atoms with E-state index in [-0.39, 0.29) is 16.8 Å². The van der Waals surface area contributed by atoms with Crippen LogP contribution >= 0.6 is 0 Å². The highest BCUT2D eigenvalue weighted by molar-refractivity contribution is 7.89. The molecule has 0 aromatic heterocycles. The van der Waals surface area contributed by atoms with Crippen molar-refractivity contribution in [3.8, 4) is 0 Å². The standard InChI is InChI=1S/C20H28N2O3S/c1-2-13-21-20(23)17-7-6-10-19(14-17)26(24,25)22(15-16-11-12-16)18-8-4-3-5-9-18/h2,6-7,10,14,16,18H,1,3-5,8-9,11-13,15H2,(H,21,23). The fraction of sp³-hybridized carbons (Fsp3) is 0.550. The molecule has 0 bridgehead atoms. The van der Waals surface area contributed by atoms with Gasteiger partial charge in [0.2, 0.25) is 10.0 Å². The Morgan fingerprint density at radius 1 is 1.19 bits per heavy atom. The fourth-order valence-electron chi connectivity index (χ4n) is 3.57. The fourth-order valence-corrected chi connectivity index (χ4v) is 5.38. The molecule has 0 aliphatic heterocycles. The molecule has 0 heterocycles. The van der Waals surface area contributed by atoms with E-state index in [1.165, 1.54) is 12.5 Å². The van der Waals surface area contributed by atoms with Gasteiger partial charge in [-0.25, -0.2) is 8.42 Å². The SMILES string of the molecule is C=CCNC(=O)c1cccc(S(=O)(=O)N(CC2CC2)C2CCCCC2)c1. The molecule has 5 nitrogen and oxygen atoms in total. The molecule has 0 saturated heterocycles. The van der Waals surface area contributed by atoms with E-state index in [4.69, 9.17) is 0 Å². The lowest BCUT2D eigenvalue weighted by Gasteiger charge is -2.33. The van der Waals surface area contributed by atoms with Crippen molar-refractivity contribution in [2.45, 2.75) is 55.9 Å². The second-order valence-corrected chi connectivity index (χ2v) is 9.23. The normalized spacial score (nSPS) is 18.7. The molecule has 2 saturated carbocycles. The Bertz CT molecular complexity index is 750. The molecule has 0 radical (unpaired) electrons. The topological polar surface area (TPSA) is 66.5 Å². The number of benzene rings is 1. The average Bonchev–Trinajstić information content (AvgIpc) is 3.49. The predicted octanol–water partition coefficient (Wildman–Crippen LogP) is 3.34. The zero-order chi connectivity index (χ0) is 18.6. The molecule has 142 valence electrons. The summed E-state index contributed by atoms with van der Waals surface area (Å²) in [7, 11) is -3.60. The minimum Gasteiger partial charge on any atom is -0.349 e. The van der Waals surface area contributed by atoms with E-state index in [9.17, 15) is 13.2 Å². The zero-order valence-corrected chi connectivity index (χ0v) is 16.0. The summed E-state index contributed by atoms with van der Waals surface area (Å²) in [6.45, 7) is 4.54. The average molecular weight is 377 g/mol. The Morgan fingerprint density at radius 3 is 2.58 bits per heavy atom. The molecule has 0 spiro atoms. The second-order valence-electron chi connectivity index (χ2n) is 7.34. The van der Waals surface area contributed by atoms with Crippen LogP contribution in [0.1, 0.15) is 55.3 Å². The number of hydrogen-bond acceptors (Lipinski definition) is 3. The molecular weight excluding hydrogens is 348 g/mol. The predicted molar refractivity (Wildman–Crippen MR) is 102 cm³/mol. The van der Waals surface area contributed by atoms with Crippen molar-refractivity contribution in [2.24, 2.45) is 5.92 Å². The van der Waals surface area contributed by atoms with Crippen molar-refractivity contribution in [2.75, 3.05) is 13.1 Å². The third-order valence-corrected chi connectivity index (χ3v) is 7.14. The summed E-state index contributed by atoms with van der Waals surface area (Å²) in [5, 5.41) is 2.70. The van der Waals surface area contributed by atoms with Gasteiger partial charge in [-0.15, -0.1) is 6.58 Å². The van der Waals surface area contributed by atoms with Gasteiger partial charge in [0, 0.05) is 24.7 Å². The van der Waals surface area contributed by atoms with Crippen LogP contribution in [0.15, 0.2) is 41.8 Å². The van der Waals surface area contributed by atoms with Crippen molar-refractivity contribution >= 4 is 15.9 Å². The molecule has 0 unspecified atom stereocenters. The van der Waals surface area contributed by atoms with Gasteiger partial charge >= 0.3 is 0 Å². The van der Waals surface area contributed by atoms with E-state index in [1.54, 1.807) is 28.6 Å². The van der Waals surface area contributed by atoms with Crippen LogP contribution in [-0.4, -0.2) is 37.8 Å². The first-order chi connectivity index (χ1) is 12.5. The Balaban J connectivity index is 1.86. The van der Waals surface area contributed by atoms with Crippen molar-refractivity contribution in [1.29, 1.82) is 0 Å². The van der Waals surface area contributed by atoms with Crippen LogP contribution in [0.25, 0.3) is 0 Å². The van der Waals surface area contributed by atoms with Gasteiger partial charge < -0.3 is 5.32 Å². The first-order valence-corrected chi connectivity index (χ1v) is 11.0. The third-order valence-electron chi connectivity index (χ3n) is 5.23. The van der Waals surface area contributed by atoms with Gasteiger partial charge in [-0.05, 0) is 49.8 Å². The quantitative estimate of drug-likeness (QED) is 0.708. The molecule has 0 atom stereocenters. The van der Waals surface area contributed by atoms with Crippen LogP contribution in [-0.2, 0) is 10.0 Å². The maximum absolute atomic E-state index is 13.4. The molecule has 2 aliphatic rings. The maximum atomic E-state index is 13.4. The van der Waals surface area contributed by atoms with Crippen molar-refractivity contribution < 1.29 is 13.2 Å². The van der Waals surface area contributed by atoms with E-state index < -0.39 is 10.0 Å². The summed E-state index contributed by atoms with van der Waals surface area (Å²) in [4.78, 5) is 12.4. The Hall–Kier alpha value is -1.66. The number of carbonyl (C=O) groups excluding carboxylic acids is 1. The van der Waals surface area contributed by atoms with Crippen LogP contribution < -0.4 is 5.32 Å².